The lowest BCUT2D eigenvalue weighted by molar-refractivity contribution is -0.140. The molecule has 0 aliphatic carbocycles. The Morgan fingerprint density at radius 3 is 2.59 bits per heavy atom. The summed E-state index contributed by atoms with van der Waals surface area (Å²) in [5.74, 6) is 4.39. The number of oxime groups is 1. The monoisotopic (exact) mass is 373 g/mol. The second-order valence-electron chi connectivity index (χ2n) is 7.35. The van der Waals surface area contributed by atoms with E-state index < -0.39 is 5.97 Å². The van der Waals surface area contributed by atoms with Crippen molar-refractivity contribution < 1.29 is 14.7 Å². The molecule has 8 heteroatoms. The van der Waals surface area contributed by atoms with Crippen molar-refractivity contribution in [1.82, 2.24) is 9.80 Å². The van der Waals surface area contributed by atoms with Crippen molar-refractivity contribution >= 4 is 17.9 Å². The Morgan fingerprint density at radius 2 is 2.00 bits per heavy atom. The number of aliphatic carboxylic acids is 1. The summed E-state index contributed by atoms with van der Waals surface area (Å²) in [6.45, 7) is 6.71. The summed E-state index contributed by atoms with van der Waals surface area (Å²) >= 11 is 0. The van der Waals surface area contributed by atoms with Crippen LogP contribution < -0.4 is 5.84 Å². The minimum absolute atomic E-state index is 0.0238. The van der Waals surface area contributed by atoms with Crippen molar-refractivity contribution in [3.05, 3.63) is 35.4 Å². The molecule has 0 bridgehead atoms. The van der Waals surface area contributed by atoms with Crippen LogP contribution in [0.25, 0.3) is 0 Å². The summed E-state index contributed by atoms with van der Waals surface area (Å²) in [5.41, 5.74) is 2.93. The first-order chi connectivity index (χ1) is 13.0. The van der Waals surface area contributed by atoms with Crippen molar-refractivity contribution in [2.24, 2.45) is 16.1 Å². The summed E-state index contributed by atoms with van der Waals surface area (Å²) in [4.78, 5) is 21.1. The van der Waals surface area contributed by atoms with Crippen LogP contribution in [0.1, 0.15) is 31.4 Å². The second kappa shape index (κ2) is 8.49. The van der Waals surface area contributed by atoms with Crippen molar-refractivity contribution in [1.29, 1.82) is 0 Å². The lowest BCUT2D eigenvalue weighted by atomic mass is 10.0. The number of piperazine rings is 1. The van der Waals surface area contributed by atoms with E-state index in [0.29, 0.717) is 0 Å². The van der Waals surface area contributed by atoms with Crippen LogP contribution in [0, 0.1) is 0 Å². The Balaban J connectivity index is 1.53. The third kappa shape index (κ3) is 4.84. The molecule has 146 valence electrons. The number of nitrogens with two attached hydrogens (primary N) is 1. The maximum atomic E-state index is 11.0. The third-order valence-corrected chi connectivity index (χ3v) is 5.16. The molecule has 1 saturated heterocycles. The Morgan fingerprint density at radius 1 is 1.33 bits per heavy atom. The Kier molecular flexibility index (Phi) is 6.08. The highest BCUT2D eigenvalue weighted by Crippen LogP contribution is 2.21. The Labute approximate surface area is 159 Å². The van der Waals surface area contributed by atoms with Crippen LogP contribution in [-0.4, -0.2) is 77.2 Å². The van der Waals surface area contributed by atoms with E-state index in [2.05, 4.69) is 29.0 Å². The molecule has 3 N–H and O–H groups in total. The number of carboxylic acid groups (broad SMARTS) is 1. The molecule has 0 radical (unpaired) electrons. The molecule has 3 unspecified atom stereocenters. The van der Waals surface area contributed by atoms with E-state index in [-0.39, 0.29) is 24.7 Å². The quantitative estimate of drug-likeness (QED) is 0.437. The van der Waals surface area contributed by atoms with Gasteiger partial charge >= 0.3 is 5.97 Å². The number of carbonyl (C=O) groups is 1. The smallest absolute Gasteiger partial charge is 0.317 e. The molecule has 0 spiro atoms. The molecule has 0 aromatic heterocycles. The highest BCUT2D eigenvalue weighted by molar-refractivity contribution is 6.01. The highest BCUT2D eigenvalue weighted by atomic mass is 16.6. The first kappa shape index (κ1) is 19.3. The number of nitrogens with zero attached hydrogens (tertiary/aromatic N) is 4. The van der Waals surface area contributed by atoms with Crippen LogP contribution in [0.2, 0.25) is 0 Å². The predicted octanol–water partition coefficient (Wildman–Crippen LogP) is 0.951. The van der Waals surface area contributed by atoms with Gasteiger partial charge in [-0.3, -0.25) is 14.6 Å². The molecule has 2 aliphatic rings. The van der Waals surface area contributed by atoms with Crippen molar-refractivity contribution in [3.8, 4) is 0 Å². The molecule has 27 heavy (non-hydrogen) atoms. The Hall–Kier alpha value is -2.45. The van der Waals surface area contributed by atoms with E-state index in [9.17, 15) is 4.79 Å². The number of hydrogen-bond donors (Lipinski definition) is 2. The molecule has 3 rings (SSSR count). The SMILES string of the molecule is CC1CN(CC2CC(c3ccc(C=NN)cc3)=NO2)CC(C)N1CC(=O)O. The fraction of sp³-hybridized carbons (Fsp3) is 0.526. The minimum Gasteiger partial charge on any atom is -0.480 e. The van der Waals surface area contributed by atoms with Crippen LogP contribution in [0.5, 0.6) is 0 Å². The van der Waals surface area contributed by atoms with E-state index in [4.69, 9.17) is 15.8 Å². The summed E-state index contributed by atoms with van der Waals surface area (Å²) < 4.78 is 0. The second-order valence-corrected chi connectivity index (χ2v) is 7.35. The number of hydrogen-bond acceptors (Lipinski definition) is 7. The van der Waals surface area contributed by atoms with E-state index in [1.807, 2.05) is 29.2 Å². The average molecular weight is 373 g/mol. The molecular weight excluding hydrogens is 346 g/mol. The van der Waals surface area contributed by atoms with Gasteiger partial charge in [-0.05, 0) is 25.0 Å². The summed E-state index contributed by atoms with van der Waals surface area (Å²) in [6.07, 6.45) is 2.39. The van der Waals surface area contributed by atoms with Crippen molar-refractivity contribution in [2.45, 2.75) is 38.5 Å². The lowest BCUT2D eigenvalue weighted by Crippen LogP contribution is -2.58. The van der Waals surface area contributed by atoms with Crippen molar-refractivity contribution in [3.63, 3.8) is 0 Å². The standard InChI is InChI=1S/C19H27N5O3/c1-13-9-23(10-14(2)24(13)12-19(25)26)11-17-7-18(22-27-17)16-5-3-15(4-6-16)8-21-20/h3-6,8,13-14,17H,7,9-12,20H2,1-2H3,(H,25,26). The van der Waals surface area contributed by atoms with Gasteiger partial charge in [-0.1, -0.05) is 29.4 Å². The summed E-state index contributed by atoms with van der Waals surface area (Å²) in [7, 11) is 0. The van der Waals surface area contributed by atoms with Crippen LogP contribution in [0.4, 0.5) is 0 Å². The van der Waals surface area contributed by atoms with Crippen LogP contribution >= 0.6 is 0 Å². The molecule has 2 aliphatic heterocycles. The van der Waals surface area contributed by atoms with E-state index in [0.717, 1.165) is 42.9 Å². The van der Waals surface area contributed by atoms with E-state index in [1.165, 1.54) is 0 Å². The Bertz CT molecular complexity index is 707. The molecule has 1 aromatic carbocycles. The van der Waals surface area contributed by atoms with Gasteiger partial charge in [0, 0.05) is 38.1 Å². The van der Waals surface area contributed by atoms with Gasteiger partial charge in [0.25, 0.3) is 0 Å². The zero-order chi connectivity index (χ0) is 19.4. The molecule has 1 fully saturated rings. The molecular formula is C19H27N5O3. The fourth-order valence-corrected chi connectivity index (χ4v) is 3.92. The molecule has 8 nitrogen and oxygen atoms in total. The van der Waals surface area contributed by atoms with Gasteiger partial charge in [0.15, 0.2) is 0 Å². The number of hydrazone groups is 1. The van der Waals surface area contributed by atoms with Gasteiger partial charge < -0.3 is 15.8 Å². The first-order valence-corrected chi connectivity index (χ1v) is 9.22. The molecule has 2 heterocycles. The largest absolute Gasteiger partial charge is 0.480 e. The molecule has 1 aromatic rings. The van der Waals surface area contributed by atoms with Crippen molar-refractivity contribution in [2.75, 3.05) is 26.2 Å². The van der Waals surface area contributed by atoms with Crippen LogP contribution in [0.3, 0.4) is 0 Å². The average Bonchev–Trinajstić information content (AvgIpc) is 3.07. The van der Waals surface area contributed by atoms with E-state index >= 15 is 0 Å². The lowest BCUT2D eigenvalue weighted by Gasteiger charge is -2.44. The summed E-state index contributed by atoms with van der Waals surface area (Å²) in [6, 6.07) is 8.29. The molecule has 0 amide bonds. The third-order valence-electron chi connectivity index (χ3n) is 5.16. The number of benzene rings is 1. The maximum Gasteiger partial charge on any atom is 0.317 e. The number of carboxylic acids is 1. The maximum absolute atomic E-state index is 11.0. The zero-order valence-corrected chi connectivity index (χ0v) is 15.8. The van der Waals surface area contributed by atoms with E-state index in [1.54, 1.807) is 6.21 Å². The van der Waals surface area contributed by atoms with Gasteiger partial charge in [0.1, 0.15) is 6.10 Å². The van der Waals surface area contributed by atoms with Gasteiger partial charge in [0.05, 0.1) is 18.5 Å². The van der Waals surface area contributed by atoms with Gasteiger partial charge in [-0.2, -0.15) is 5.10 Å². The number of rotatable bonds is 6. The van der Waals surface area contributed by atoms with Gasteiger partial charge in [0.2, 0.25) is 0 Å². The normalized spacial score (nSPS) is 26.9. The minimum atomic E-state index is -0.775. The van der Waals surface area contributed by atoms with Gasteiger partial charge in [-0.15, -0.1) is 0 Å². The molecule has 0 saturated carbocycles. The fourth-order valence-electron chi connectivity index (χ4n) is 3.92. The summed E-state index contributed by atoms with van der Waals surface area (Å²) in [5, 5.41) is 16.9. The highest BCUT2D eigenvalue weighted by Gasteiger charge is 2.33. The van der Waals surface area contributed by atoms with Gasteiger partial charge in [-0.25, -0.2) is 0 Å². The van der Waals surface area contributed by atoms with Crippen LogP contribution in [-0.2, 0) is 9.63 Å². The topological polar surface area (TPSA) is 104 Å². The first-order valence-electron chi connectivity index (χ1n) is 9.22. The predicted molar refractivity (Wildman–Crippen MR) is 104 cm³/mol. The zero-order valence-electron chi connectivity index (χ0n) is 15.8. The molecule has 3 atom stereocenters. The van der Waals surface area contributed by atoms with Crippen LogP contribution in [0.15, 0.2) is 34.5 Å².